The summed E-state index contributed by atoms with van der Waals surface area (Å²) in [5.41, 5.74) is 3.51. The van der Waals surface area contributed by atoms with E-state index in [2.05, 4.69) is 5.10 Å². The molecule has 0 unspecified atom stereocenters. The Hall–Kier alpha value is -2.14. The number of carbonyl (C=O) groups excluding carboxylic acids is 1. The van der Waals surface area contributed by atoms with Gasteiger partial charge in [-0.15, -0.1) is 0 Å². The summed E-state index contributed by atoms with van der Waals surface area (Å²) in [5.74, 6) is 0.0455. The van der Waals surface area contributed by atoms with E-state index in [1.807, 2.05) is 63.1 Å². The van der Waals surface area contributed by atoms with Gasteiger partial charge in [0.1, 0.15) is 6.10 Å². The van der Waals surface area contributed by atoms with Crippen LogP contribution in [0.15, 0.2) is 30.3 Å². The molecule has 0 radical (unpaired) electrons. The molecule has 122 valence electrons. The van der Waals surface area contributed by atoms with Gasteiger partial charge in [0.05, 0.1) is 23.9 Å². The van der Waals surface area contributed by atoms with Gasteiger partial charge in [0, 0.05) is 19.3 Å². The molecule has 1 amide bonds. The van der Waals surface area contributed by atoms with Gasteiger partial charge in [-0.3, -0.25) is 9.48 Å². The molecule has 1 aromatic carbocycles. The molecule has 0 N–H and O–H groups in total. The van der Waals surface area contributed by atoms with Crippen LogP contribution in [0, 0.1) is 13.8 Å². The lowest BCUT2D eigenvalue weighted by Gasteiger charge is -2.37. The number of aromatic nitrogens is 2. The van der Waals surface area contributed by atoms with E-state index in [0.717, 1.165) is 17.0 Å². The Morgan fingerprint density at radius 3 is 2.52 bits per heavy atom. The van der Waals surface area contributed by atoms with Crippen molar-refractivity contribution in [3.8, 4) is 0 Å². The molecular weight excluding hydrogens is 290 g/mol. The van der Waals surface area contributed by atoms with Crippen LogP contribution in [-0.4, -0.2) is 39.8 Å². The molecule has 3 rings (SSSR count). The number of aryl methyl sites for hydroxylation is 2. The maximum Gasteiger partial charge on any atom is 0.257 e. The van der Waals surface area contributed by atoms with Crippen LogP contribution in [0.25, 0.3) is 0 Å². The number of benzene rings is 1. The van der Waals surface area contributed by atoms with Crippen molar-refractivity contribution >= 4 is 5.91 Å². The fourth-order valence-corrected chi connectivity index (χ4v) is 3.21. The van der Waals surface area contributed by atoms with Gasteiger partial charge in [0.15, 0.2) is 0 Å². The van der Waals surface area contributed by atoms with Crippen molar-refractivity contribution in [3.05, 3.63) is 52.8 Å². The second-order valence-electron chi connectivity index (χ2n) is 6.23. The fourth-order valence-electron chi connectivity index (χ4n) is 3.21. The van der Waals surface area contributed by atoms with Crippen molar-refractivity contribution in [2.24, 2.45) is 7.05 Å². The predicted molar refractivity (Wildman–Crippen MR) is 88.3 cm³/mol. The molecule has 5 nitrogen and oxygen atoms in total. The first kappa shape index (κ1) is 15.7. The van der Waals surface area contributed by atoms with Crippen molar-refractivity contribution in [1.29, 1.82) is 0 Å². The van der Waals surface area contributed by atoms with Gasteiger partial charge in [0.25, 0.3) is 5.91 Å². The largest absolute Gasteiger partial charge is 0.367 e. The van der Waals surface area contributed by atoms with Crippen molar-refractivity contribution in [2.45, 2.75) is 33.0 Å². The minimum Gasteiger partial charge on any atom is -0.367 e. The van der Waals surface area contributed by atoms with E-state index in [1.165, 1.54) is 0 Å². The summed E-state index contributed by atoms with van der Waals surface area (Å²) in [7, 11) is 1.87. The third-order valence-electron chi connectivity index (χ3n) is 4.44. The zero-order chi connectivity index (χ0) is 16.6. The predicted octanol–water partition coefficient (Wildman–Crippen LogP) is 2.64. The van der Waals surface area contributed by atoms with Crippen LogP contribution in [0.2, 0.25) is 0 Å². The molecule has 23 heavy (non-hydrogen) atoms. The van der Waals surface area contributed by atoms with Gasteiger partial charge in [-0.05, 0) is 26.3 Å². The number of morpholine rings is 1. The molecule has 0 spiro atoms. The lowest BCUT2D eigenvalue weighted by Crippen LogP contribution is -2.46. The topological polar surface area (TPSA) is 47.4 Å². The number of ether oxygens (including phenoxy) is 1. The average Bonchev–Trinajstić information content (AvgIpc) is 2.79. The number of rotatable bonds is 2. The first-order valence-corrected chi connectivity index (χ1v) is 7.97. The van der Waals surface area contributed by atoms with E-state index in [9.17, 15) is 4.79 Å². The number of hydrogen-bond acceptors (Lipinski definition) is 3. The Morgan fingerprint density at radius 2 is 1.91 bits per heavy atom. The van der Waals surface area contributed by atoms with Crippen LogP contribution < -0.4 is 0 Å². The van der Waals surface area contributed by atoms with E-state index < -0.39 is 0 Å². The summed E-state index contributed by atoms with van der Waals surface area (Å²) < 4.78 is 7.80. The van der Waals surface area contributed by atoms with Gasteiger partial charge in [-0.2, -0.15) is 5.10 Å². The summed E-state index contributed by atoms with van der Waals surface area (Å²) in [6.07, 6.45) is -0.0728. The van der Waals surface area contributed by atoms with Gasteiger partial charge >= 0.3 is 0 Å². The molecule has 1 aromatic heterocycles. The SMILES string of the molecule is Cc1nn(C)c(C)c1C(=O)N1C[C@@H](c2ccccc2)O[C@@H](C)C1. The maximum absolute atomic E-state index is 13.0. The average molecular weight is 313 g/mol. The third kappa shape index (κ3) is 3.01. The van der Waals surface area contributed by atoms with Crippen LogP contribution in [0.5, 0.6) is 0 Å². The lowest BCUT2D eigenvalue weighted by atomic mass is 10.1. The highest BCUT2D eigenvalue weighted by molar-refractivity contribution is 5.96. The van der Waals surface area contributed by atoms with Crippen LogP contribution in [0.4, 0.5) is 0 Å². The van der Waals surface area contributed by atoms with E-state index in [4.69, 9.17) is 4.74 Å². The molecule has 1 aliphatic heterocycles. The maximum atomic E-state index is 13.0. The monoisotopic (exact) mass is 313 g/mol. The van der Waals surface area contributed by atoms with Crippen molar-refractivity contribution < 1.29 is 9.53 Å². The number of amides is 1. The summed E-state index contributed by atoms with van der Waals surface area (Å²) in [5, 5.41) is 4.36. The lowest BCUT2D eigenvalue weighted by molar-refractivity contribution is -0.0692. The van der Waals surface area contributed by atoms with Crippen LogP contribution in [0.3, 0.4) is 0 Å². The standard InChI is InChI=1S/C18H23N3O2/c1-12-10-21(11-16(23-12)15-8-6-5-7-9-15)18(22)17-13(2)19-20(4)14(17)3/h5-9,12,16H,10-11H2,1-4H3/t12-,16-/m0/s1. The number of nitrogens with zero attached hydrogens (tertiary/aromatic N) is 3. The number of carbonyl (C=O) groups is 1. The smallest absolute Gasteiger partial charge is 0.257 e. The van der Waals surface area contributed by atoms with Gasteiger partial charge in [-0.1, -0.05) is 30.3 Å². The molecular formula is C18H23N3O2. The highest BCUT2D eigenvalue weighted by Crippen LogP contribution is 2.27. The molecule has 5 heteroatoms. The van der Waals surface area contributed by atoms with Crippen molar-refractivity contribution in [2.75, 3.05) is 13.1 Å². The van der Waals surface area contributed by atoms with Crippen molar-refractivity contribution in [3.63, 3.8) is 0 Å². The first-order chi connectivity index (χ1) is 11.0. The minimum atomic E-state index is -0.0822. The zero-order valence-corrected chi connectivity index (χ0v) is 14.1. The Labute approximate surface area is 136 Å². The fraction of sp³-hybridized carbons (Fsp3) is 0.444. The van der Waals surface area contributed by atoms with E-state index in [1.54, 1.807) is 4.68 Å². The minimum absolute atomic E-state index is 0.00943. The van der Waals surface area contributed by atoms with E-state index in [-0.39, 0.29) is 18.1 Å². The molecule has 1 saturated heterocycles. The molecule has 2 aromatic rings. The first-order valence-electron chi connectivity index (χ1n) is 7.97. The molecule has 0 saturated carbocycles. The molecule has 2 atom stereocenters. The van der Waals surface area contributed by atoms with Gasteiger partial charge in [-0.25, -0.2) is 0 Å². The highest BCUT2D eigenvalue weighted by atomic mass is 16.5. The Kier molecular flexibility index (Phi) is 4.22. The molecule has 0 aliphatic carbocycles. The third-order valence-corrected chi connectivity index (χ3v) is 4.44. The summed E-state index contributed by atoms with van der Waals surface area (Å²) in [6.45, 7) is 7.01. The number of hydrogen-bond donors (Lipinski definition) is 0. The Bertz CT molecular complexity index is 709. The van der Waals surface area contributed by atoms with Crippen LogP contribution in [-0.2, 0) is 11.8 Å². The molecule has 0 bridgehead atoms. The zero-order valence-electron chi connectivity index (χ0n) is 14.1. The van der Waals surface area contributed by atoms with Crippen LogP contribution >= 0.6 is 0 Å². The summed E-state index contributed by atoms with van der Waals surface area (Å²) in [4.78, 5) is 14.9. The normalized spacial score (nSPS) is 21.5. The Morgan fingerprint density at radius 1 is 1.22 bits per heavy atom. The molecule has 2 heterocycles. The summed E-state index contributed by atoms with van der Waals surface area (Å²) >= 11 is 0. The second kappa shape index (κ2) is 6.16. The van der Waals surface area contributed by atoms with Gasteiger partial charge < -0.3 is 9.64 Å². The van der Waals surface area contributed by atoms with Crippen LogP contribution in [0.1, 0.15) is 40.3 Å². The summed E-state index contributed by atoms with van der Waals surface area (Å²) in [6, 6.07) is 10.1. The Balaban J connectivity index is 1.86. The second-order valence-corrected chi connectivity index (χ2v) is 6.23. The van der Waals surface area contributed by atoms with Gasteiger partial charge in [0.2, 0.25) is 0 Å². The molecule has 1 aliphatic rings. The van der Waals surface area contributed by atoms with E-state index >= 15 is 0 Å². The molecule has 1 fully saturated rings. The quantitative estimate of drug-likeness (QED) is 0.856. The van der Waals surface area contributed by atoms with Crippen molar-refractivity contribution in [1.82, 2.24) is 14.7 Å². The van der Waals surface area contributed by atoms with E-state index in [0.29, 0.717) is 18.7 Å². The highest BCUT2D eigenvalue weighted by Gasteiger charge is 2.32.